The quantitative estimate of drug-likeness (QED) is 0.645. The maximum Gasteiger partial charge on any atom is 0.259 e. The normalized spacial score (nSPS) is 15.9. The van der Waals surface area contributed by atoms with Gasteiger partial charge in [0, 0.05) is 18.8 Å². The molecule has 2 rings (SSSR count). The maximum absolute atomic E-state index is 11.1. The fourth-order valence-electron chi connectivity index (χ4n) is 2.02. The molecule has 0 unspecified atom stereocenters. The van der Waals surface area contributed by atoms with Gasteiger partial charge in [-0.05, 0) is 17.7 Å². The van der Waals surface area contributed by atoms with Crippen molar-refractivity contribution in [1.82, 2.24) is 0 Å². The number of para-hydroxylation sites is 1. The first-order valence-corrected chi connectivity index (χ1v) is 6.05. The number of amides is 1. The Bertz CT molecular complexity index is 540. The number of benzene rings is 1. The summed E-state index contributed by atoms with van der Waals surface area (Å²) in [4.78, 5) is 13.3. The van der Waals surface area contributed by atoms with E-state index in [-0.39, 0.29) is 5.57 Å². The Morgan fingerprint density at radius 1 is 1.37 bits per heavy atom. The van der Waals surface area contributed by atoms with Gasteiger partial charge in [-0.2, -0.15) is 5.26 Å². The van der Waals surface area contributed by atoms with Crippen LogP contribution in [0.4, 0.5) is 5.69 Å². The van der Waals surface area contributed by atoms with Gasteiger partial charge < -0.3 is 15.4 Å². The number of primary amides is 1. The van der Waals surface area contributed by atoms with Crippen molar-refractivity contribution in [2.24, 2.45) is 5.73 Å². The lowest BCUT2D eigenvalue weighted by atomic mass is 10.1. The SMILES string of the molecule is N#C/C(=C\c1ccccc1N1CCOCC1)C(N)=O. The van der Waals surface area contributed by atoms with Crippen LogP contribution in [0, 0.1) is 11.3 Å². The van der Waals surface area contributed by atoms with E-state index in [9.17, 15) is 4.79 Å². The molecule has 0 bridgehead atoms. The smallest absolute Gasteiger partial charge is 0.259 e. The minimum absolute atomic E-state index is 0.0410. The van der Waals surface area contributed by atoms with Crippen molar-refractivity contribution < 1.29 is 9.53 Å². The van der Waals surface area contributed by atoms with Gasteiger partial charge in [0.15, 0.2) is 0 Å². The Labute approximate surface area is 111 Å². The second kappa shape index (κ2) is 6.03. The van der Waals surface area contributed by atoms with Gasteiger partial charge in [0.25, 0.3) is 5.91 Å². The van der Waals surface area contributed by atoms with Crippen molar-refractivity contribution in [3.8, 4) is 6.07 Å². The van der Waals surface area contributed by atoms with Crippen molar-refractivity contribution in [2.45, 2.75) is 0 Å². The Kier molecular flexibility index (Phi) is 4.16. The maximum atomic E-state index is 11.1. The van der Waals surface area contributed by atoms with Crippen LogP contribution in [0.2, 0.25) is 0 Å². The number of rotatable bonds is 3. The molecule has 2 N–H and O–H groups in total. The minimum Gasteiger partial charge on any atom is -0.378 e. The molecule has 1 aromatic rings. The molecule has 5 nitrogen and oxygen atoms in total. The number of nitrogens with two attached hydrogens (primary N) is 1. The predicted molar refractivity (Wildman–Crippen MR) is 72.3 cm³/mol. The van der Waals surface area contributed by atoms with Crippen LogP contribution in [0.1, 0.15) is 5.56 Å². The number of ether oxygens (including phenoxy) is 1. The summed E-state index contributed by atoms with van der Waals surface area (Å²) in [6.07, 6.45) is 1.53. The number of carbonyl (C=O) groups is 1. The van der Waals surface area contributed by atoms with Crippen LogP contribution < -0.4 is 10.6 Å². The molecule has 0 saturated carbocycles. The number of hydrogen-bond acceptors (Lipinski definition) is 4. The molecule has 1 saturated heterocycles. The van der Waals surface area contributed by atoms with Crippen molar-refractivity contribution in [3.05, 3.63) is 35.4 Å². The average Bonchev–Trinajstić information content (AvgIpc) is 2.45. The zero-order chi connectivity index (χ0) is 13.7. The van der Waals surface area contributed by atoms with Crippen molar-refractivity contribution >= 4 is 17.7 Å². The molecule has 5 heteroatoms. The van der Waals surface area contributed by atoms with Crippen LogP contribution in [0.3, 0.4) is 0 Å². The van der Waals surface area contributed by atoms with Crippen LogP contribution in [0.25, 0.3) is 6.08 Å². The summed E-state index contributed by atoms with van der Waals surface area (Å²) >= 11 is 0. The van der Waals surface area contributed by atoms with Gasteiger partial charge in [-0.3, -0.25) is 4.79 Å². The molecule has 1 fully saturated rings. The van der Waals surface area contributed by atoms with E-state index in [2.05, 4.69) is 4.90 Å². The van der Waals surface area contributed by atoms with Gasteiger partial charge in [-0.1, -0.05) is 18.2 Å². The molecule has 1 aromatic carbocycles. The molecule has 0 spiro atoms. The predicted octanol–water partition coefficient (Wildman–Crippen LogP) is 0.915. The zero-order valence-electron chi connectivity index (χ0n) is 10.5. The third-order valence-corrected chi connectivity index (χ3v) is 2.97. The average molecular weight is 257 g/mol. The van der Waals surface area contributed by atoms with E-state index in [1.54, 1.807) is 0 Å². The minimum atomic E-state index is -0.709. The summed E-state index contributed by atoms with van der Waals surface area (Å²) < 4.78 is 5.32. The molecular weight excluding hydrogens is 242 g/mol. The second-order valence-electron chi connectivity index (χ2n) is 4.19. The molecule has 0 atom stereocenters. The highest BCUT2D eigenvalue weighted by molar-refractivity contribution is 6.01. The second-order valence-corrected chi connectivity index (χ2v) is 4.19. The number of nitriles is 1. The van der Waals surface area contributed by atoms with Gasteiger partial charge >= 0.3 is 0 Å². The van der Waals surface area contributed by atoms with Crippen LogP contribution in [0.5, 0.6) is 0 Å². The van der Waals surface area contributed by atoms with Gasteiger partial charge in [-0.15, -0.1) is 0 Å². The molecule has 1 aliphatic rings. The first-order chi connectivity index (χ1) is 9.22. The largest absolute Gasteiger partial charge is 0.378 e. The molecule has 1 heterocycles. The Balaban J connectivity index is 2.36. The number of hydrogen-bond donors (Lipinski definition) is 1. The summed E-state index contributed by atoms with van der Waals surface area (Å²) in [5.74, 6) is -0.709. The molecule has 0 aliphatic carbocycles. The number of carbonyl (C=O) groups excluding carboxylic acids is 1. The third kappa shape index (κ3) is 3.12. The molecule has 1 amide bonds. The summed E-state index contributed by atoms with van der Waals surface area (Å²) in [7, 11) is 0. The Morgan fingerprint density at radius 3 is 2.68 bits per heavy atom. The van der Waals surface area contributed by atoms with Crippen molar-refractivity contribution in [3.63, 3.8) is 0 Å². The highest BCUT2D eigenvalue weighted by atomic mass is 16.5. The van der Waals surface area contributed by atoms with Crippen LogP contribution in [-0.4, -0.2) is 32.2 Å². The van der Waals surface area contributed by atoms with Gasteiger partial charge in [0.05, 0.1) is 13.2 Å². The number of morpholine rings is 1. The highest BCUT2D eigenvalue weighted by Gasteiger charge is 2.14. The van der Waals surface area contributed by atoms with Crippen LogP contribution in [0.15, 0.2) is 29.8 Å². The van der Waals surface area contributed by atoms with Gasteiger partial charge in [-0.25, -0.2) is 0 Å². The van der Waals surface area contributed by atoms with E-state index in [4.69, 9.17) is 15.7 Å². The summed E-state index contributed by atoms with van der Waals surface area (Å²) in [5.41, 5.74) is 6.92. The van der Waals surface area contributed by atoms with E-state index in [1.165, 1.54) is 6.08 Å². The summed E-state index contributed by atoms with van der Waals surface area (Å²) in [6, 6.07) is 9.45. The molecule has 98 valence electrons. The molecular formula is C14H15N3O2. The third-order valence-electron chi connectivity index (χ3n) is 2.97. The lowest BCUT2D eigenvalue weighted by molar-refractivity contribution is -0.114. The van der Waals surface area contributed by atoms with Crippen LogP contribution >= 0.6 is 0 Å². The van der Waals surface area contributed by atoms with Crippen LogP contribution in [-0.2, 0) is 9.53 Å². The molecule has 0 aromatic heterocycles. The van der Waals surface area contributed by atoms with Crippen molar-refractivity contribution in [2.75, 3.05) is 31.2 Å². The number of anilines is 1. The lowest BCUT2D eigenvalue weighted by Crippen LogP contribution is -2.36. The van der Waals surface area contributed by atoms with E-state index in [1.807, 2.05) is 30.3 Å². The fourth-order valence-corrected chi connectivity index (χ4v) is 2.02. The van der Waals surface area contributed by atoms with Gasteiger partial charge in [0.1, 0.15) is 11.6 Å². The first kappa shape index (κ1) is 13.1. The summed E-state index contributed by atoms with van der Waals surface area (Å²) in [5, 5.41) is 8.91. The van der Waals surface area contributed by atoms with E-state index in [0.717, 1.165) is 24.3 Å². The monoisotopic (exact) mass is 257 g/mol. The molecule has 1 aliphatic heterocycles. The first-order valence-electron chi connectivity index (χ1n) is 6.05. The highest BCUT2D eigenvalue weighted by Crippen LogP contribution is 2.23. The fraction of sp³-hybridized carbons (Fsp3) is 0.286. The zero-order valence-corrected chi connectivity index (χ0v) is 10.5. The number of nitrogens with zero attached hydrogens (tertiary/aromatic N) is 2. The molecule has 0 radical (unpaired) electrons. The topological polar surface area (TPSA) is 79.3 Å². The molecule has 19 heavy (non-hydrogen) atoms. The Morgan fingerprint density at radius 2 is 2.05 bits per heavy atom. The standard InChI is InChI=1S/C14H15N3O2/c15-10-12(14(16)18)9-11-3-1-2-4-13(11)17-5-7-19-8-6-17/h1-4,9H,5-8H2,(H2,16,18)/b12-9+. The van der Waals surface area contributed by atoms with E-state index >= 15 is 0 Å². The van der Waals surface area contributed by atoms with Crippen molar-refractivity contribution in [1.29, 1.82) is 5.26 Å². The summed E-state index contributed by atoms with van der Waals surface area (Å²) in [6.45, 7) is 2.95. The van der Waals surface area contributed by atoms with E-state index < -0.39 is 5.91 Å². The lowest BCUT2D eigenvalue weighted by Gasteiger charge is -2.30. The van der Waals surface area contributed by atoms with Gasteiger partial charge in [0.2, 0.25) is 0 Å². The Hall–Kier alpha value is -2.32. The van der Waals surface area contributed by atoms with E-state index in [0.29, 0.717) is 13.2 Å².